The van der Waals surface area contributed by atoms with Crippen LogP contribution in [-0.4, -0.2) is 37.0 Å². The minimum atomic E-state index is -0.299. The molecule has 0 fully saturated rings. The highest BCUT2D eigenvalue weighted by Gasteiger charge is 2.12. The van der Waals surface area contributed by atoms with Gasteiger partial charge in [0.2, 0.25) is 5.91 Å². The minimum absolute atomic E-state index is 0.0591. The summed E-state index contributed by atoms with van der Waals surface area (Å²) in [6.45, 7) is 2.71. The number of benzene rings is 2. The van der Waals surface area contributed by atoms with Gasteiger partial charge in [0.25, 0.3) is 0 Å². The highest BCUT2D eigenvalue weighted by atomic mass is 16.5. The van der Waals surface area contributed by atoms with E-state index in [9.17, 15) is 9.59 Å². The van der Waals surface area contributed by atoms with Crippen molar-refractivity contribution in [3.05, 3.63) is 60.2 Å². The standard InChI is InChI=1S/C19H23N3O3/c1-15(23)22(14-16-8-6-7-11-18(16)25-2)13-12-20-19(24)21-17-9-4-3-5-10-17/h3-11H,12-14H2,1-2H3,(H2,20,21,24). The molecule has 0 aliphatic rings. The van der Waals surface area contributed by atoms with Crippen molar-refractivity contribution in [2.75, 3.05) is 25.5 Å². The van der Waals surface area contributed by atoms with Gasteiger partial charge in [-0.1, -0.05) is 36.4 Å². The predicted molar refractivity (Wildman–Crippen MR) is 97.5 cm³/mol. The molecule has 0 radical (unpaired) electrons. The van der Waals surface area contributed by atoms with Crippen LogP contribution in [0.4, 0.5) is 10.5 Å². The Morgan fingerprint density at radius 1 is 1.04 bits per heavy atom. The largest absolute Gasteiger partial charge is 0.496 e. The summed E-state index contributed by atoms with van der Waals surface area (Å²) in [7, 11) is 1.60. The fraction of sp³-hybridized carbons (Fsp3) is 0.263. The van der Waals surface area contributed by atoms with Crippen molar-refractivity contribution in [2.45, 2.75) is 13.5 Å². The number of nitrogens with zero attached hydrogens (tertiary/aromatic N) is 1. The van der Waals surface area contributed by atoms with Gasteiger partial charge in [-0.3, -0.25) is 4.79 Å². The van der Waals surface area contributed by atoms with Crippen molar-refractivity contribution >= 4 is 17.6 Å². The zero-order valence-corrected chi connectivity index (χ0v) is 14.5. The fourth-order valence-electron chi connectivity index (χ4n) is 2.39. The normalized spacial score (nSPS) is 10.0. The monoisotopic (exact) mass is 341 g/mol. The Balaban J connectivity index is 1.85. The number of hydrogen-bond acceptors (Lipinski definition) is 3. The van der Waals surface area contributed by atoms with Crippen LogP contribution in [0.2, 0.25) is 0 Å². The maximum atomic E-state index is 11.9. The van der Waals surface area contributed by atoms with Gasteiger partial charge in [-0.15, -0.1) is 0 Å². The molecule has 2 aromatic carbocycles. The Labute approximate surface area is 147 Å². The topological polar surface area (TPSA) is 70.7 Å². The molecule has 0 aromatic heterocycles. The van der Waals surface area contributed by atoms with Crippen LogP contribution in [0.3, 0.4) is 0 Å². The smallest absolute Gasteiger partial charge is 0.319 e. The highest BCUT2D eigenvalue weighted by Crippen LogP contribution is 2.19. The van der Waals surface area contributed by atoms with Gasteiger partial charge >= 0.3 is 6.03 Å². The van der Waals surface area contributed by atoms with Crippen molar-refractivity contribution in [1.29, 1.82) is 0 Å². The molecule has 6 heteroatoms. The van der Waals surface area contributed by atoms with Crippen LogP contribution < -0.4 is 15.4 Å². The van der Waals surface area contributed by atoms with Gasteiger partial charge < -0.3 is 20.3 Å². The summed E-state index contributed by atoms with van der Waals surface area (Å²) in [6.07, 6.45) is 0. The lowest BCUT2D eigenvalue weighted by Gasteiger charge is -2.22. The van der Waals surface area contributed by atoms with E-state index in [4.69, 9.17) is 4.74 Å². The van der Waals surface area contributed by atoms with Crippen molar-refractivity contribution < 1.29 is 14.3 Å². The first-order chi connectivity index (χ1) is 12.1. The predicted octanol–water partition coefficient (Wildman–Crippen LogP) is 2.87. The van der Waals surface area contributed by atoms with E-state index in [0.29, 0.717) is 19.6 Å². The number of nitrogens with one attached hydrogen (secondary N) is 2. The van der Waals surface area contributed by atoms with E-state index < -0.39 is 0 Å². The molecule has 0 saturated carbocycles. The van der Waals surface area contributed by atoms with E-state index in [-0.39, 0.29) is 11.9 Å². The molecule has 2 aromatic rings. The second kappa shape index (κ2) is 9.32. The van der Waals surface area contributed by atoms with Crippen LogP contribution in [-0.2, 0) is 11.3 Å². The van der Waals surface area contributed by atoms with E-state index in [1.165, 1.54) is 6.92 Å². The summed E-state index contributed by atoms with van der Waals surface area (Å²) in [5, 5.41) is 5.50. The molecule has 6 nitrogen and oxygen atoms in total. The van der Waals surface area contributed by atoms with Crippen LogP contribution in [0, 0.1) is 0 Å². The van der Waals surface area contributed by atoms with Gasteiger partial charge in [0.15, 0.2) is 0 Å². The van der Waals surface area contributed by atoms with Crippen LogP contribution in [0.5, 0.6) is 5.75 Å². The number of ether oxygens (including phenoxy) is 1. The lowest BCUT2D eigenvalue weighted by atomic mass is 10.2. The molecule has 0 saturated heterocycles. The zero-order valence-electron chi connectivity index (χ0n) is 14.5. The first-order valence-corrected chi connectivity index (χ1v) is 8.07. The first kappa shape index (κ1) is 18.3. The second-order valence-corrected chi connectivity index (χ2v) is 5.50. The Kier molecular flexibility index (Phi) is 6.83. The number of urea groups is 1. The van der Waals surface area contributed by atoms with Crippen LogP contribution in [0.25, 0.3) is 0 Å². The average molecular weight is 341 g/mol. The summed E-state index contributed by atoms with van der Waals surface area (Å²) < 4.78 is 5.32. The quantitative estimate of drug-likeness (QED) is 0.813. The first-order valence-electron chi connectivity index (χ1n) is 8.07. The number of methoxy groups -OCH3 is 1. The van der Waals surface area contributed by atoms with Crippen LogP contribution in [0.1, 0.15) is 12.5 Å². The van der Waals surface area contributed by atoms with Crippen LogP contribution >= 0.6 is 0 Å². The van der Waals surface area contributed by atoms with Crippen molar-refractivity contribution in [3.8, 4) is 5.75 Å². The molecule has 0 heterocycles. The van der Waals surface area contributed by atoms with E-state index >= 15 is 0 Å². The molecular formula is C19H23N3O3. The highest BCUT2D eigenvalue weighted by molar-refractivity contribution is 5.89. The number of hydrogen-bond donors (Lipinski definition) is 2. The van der Waals surface area contributed by atoms with Gasteiger partial charge in [0.05, 0.1) is 7.11 Å². The minimum Gasteiger partial charge on any atom is -0.496 e. The SMILES string of the molecule is COc1ccccc1CN(CCNC(=O)Nc1ccccc1)C(C)=O. The molecule has 25 heavy (non-hydrogen) atoms. The third-order valence-corrected chi connectivity index (χ3v) is 3.70. The lowest BCUT2D eigenvalue weighted by molar-refractivity contribution is -0.129. The Hall–Kier alpha value is -3.02. The summed E-state index contributed by atoms with van der Waals surface area (Å²) in [5.41, 5.74) is 1.64. The van der Waals surface area contributed by atoms with Gasteiger partial charge in [0, 0.05) is 37.8 Å². The number of para-hydroxylation sites is 2. The molecule has 2 N–H and O–H groups in total. The van der Waals surface area contributed by atoms with E-state index in [1.807, 2.05) is 54.6 Å². The molecule has 0 aliphatic carbocycles. The summed E-state index contributed by atoms with van der Waals surface area (Å²) in [6, 6.07) is 16.5. The Bertz CT molecular complexity index is 704. The number of anilines is 1. The van der Waals surface area contributed by atoms with Crippen molar-refractivity contribution in [1.82, 2.24) is 10.2 Å². The van der Waals surface area contributed by atoms with Gasteiger partial charge in [-0.05, 0) is 18.2 Å². The molecule has 0 spiro atoms. The van der Waals surface area contributed by atoms with Gasteiger partial charge in [0.1, 0.15) is 5.75 Å². The molecular weight excluding hydrogens is 318 g/mol. The molecule has 0 bridgehead atoms. The second-order valence-electron chi connectivity index (χ2n) is 5.50. The number of carbonyl (C=O) groups excluding carboxylic acids is 2. The summed E-state index contributed by atoms with van der Waals surface area (Å²) in [5.74, 6) is 0.680. The zero-order chi connectivity index (χ0) is 18.1. The maximum absolute atomic E-state index is 11.9. The number of amides is 3. The molecule has 0 atom stereocenters. The average Bonchev–Trinajstić information content (AvgIpc) is 2.62. The van der Waals surface area contributed by atoms with E-state index in [2.05, 4.69) is 10.6 Å². The summed E-state index contributed by atoms with van der Waals surface area (Å²) >= 11 is 0. The lowest BCUT2D eigenvalue weighted by Crippen LogP contribution is -2.38. The van der Waals surface area contributed by atoms with Gasteiger partial charge in [-0.25, -0.2) is 4.79 Å². The van der Waals surface area contributed by atoms with Gasteiger partial charge in [-0.2, -0.15) is 0 Å². The Morgan fingerprint density at radius 2 is 1.72 bits per heavy atom. The van der Waals surface area contributed by atoms with Crippen molar-refractivity contribution in [3.63, 3.8) is 0 Å². The van der Waals surface area contributed by atoms with E-state index in [0.717, 1.165) is 17.0 Å². The van der Waals surface area contributed by atoms with E-state index in [1.54, 1.807) is 12.0 Å². The maximum Gasteiger partial charge on any atom is 0.319 e. The third kappa shape index (κ3) is 5.84. The molecule has 132 valence electrons. The molecule has 0 unspecified atom stereocenters. The fourth-order valence-corrected chi connectivity index (χ4v) is 2.39. The molecule has 2 rings (SSSR count). The molecule has 0 aliphatic heterocycles. The third-order valence-electron chi connectivity index (χ3n) is 3.70. The number of rotatable bonds is 7. The van der Waals surface area contributed by atoms with Crippen molar-refractivity contribution in [2.24, 2.45) is 0 Å². The van der Waals surface area contributed by atoms with Crippen LogP contribution in [0.15, 0.2) is 54.6 Å². The Morgan fingerprint density at radius 3 is 2.40 bits per heavy atom. The number of carbonyl (C=O) groups is 2. The molecule has 3 amide bonds. The summed E-state index contributed by atoms with van der Waals surface area (Å²) in [4.78, 5) is 25.4.